The molecule has 0 bridgehead atoms. The van der Waals surface area contributed by atoms with Crippen LogP contribution in [0.25, 0.3) is 0 Å². The average molecular weight is 238 g/mol. The fourth-order valence-corrected chi connectivity index (χ4v) is 1.69. The van der Waals surface area contributed by atoms with E-state index in [2.05, 4.69) is 29.5 Å². The number of nitrogens with zero attached hydrogens (tertiary/aromatic N) is 3. The van der Waals surface area contributed by atoms with Crippen molar-refractivity contribution in [3.8, 4) is 0 Å². The van der Waals surface area contributed by atoms with Gasteiger partial charge in [0.25, 0.3) is 0 Å². The summed E-state index contributed by atoms with van der Waals surface area (Å²) in [7, 11) is 0. The predicted molar refractivity (Wildman–Crippen MR) is 65.6 cm³/mol. The summed E-state index contributed by atoms with van der Waals surface area (Å²) in [5.41, 5.74) is 0.988. The van der Waals surface area contributed by atoms with Crippen LogP contribution in [0.4, 0.5) is 0 Å². The van der Waals surface area contributed by atoms with Gasteiger partial charge >= 0.3 is 0 Å². The normalized spacial score (nSPS) is 16.4. The molecule has 1 fully saturated rings. The molecule has 1 aromatic rings. The SMILES string of the molecule is CC(C)NCc1cn(CCOC2CCC2)nn1. The second-order valence-electron chi connectivity index (χ2n) is 4.93. The summed E-state index contributed by atoms with van der Waals surface area (Å²) in [6.07, 6.45) is 6.25. The maximum absolute atomic E-state index is 5.69. The van der Waals surface area contributed by atoms with Gasteiger partial charge in [-0.15, -0.1) is 5.10 Å². The van der Waals surface area contributed by atoms with Gasteiger partial charge in [0.15, 0.2) is 0 Å². The van der Waals surface area contributed by atoms with Crippen LogP contribution in [0.15, 0.2) is 6.20 Å². The van der Waals surface area contributed by atoms with Crippen LogP contribution in [0.5, 0.6) is 0 Å². The highest BCUT2D eigenvalue weighted by atomic mass is 16.5. The molecule has 0 unspecified atom stereocenters. The first-order valence-electron chi connectivity index (χ1n) is 6.48. The molecule has 1 aromatic heterocycles. The number of hydrogen-bond donors (Lipinski definition) is 1. The molecule has 1 aliphatic carbocycles. The van der Waals surface area contributed by atoms with Gasteiger partial charge in [-0.25, -0.2) is 4.68 Å². The van der Waals surface area contributed by atoms with Crippen molar-refractivity contribution >= 4 is 0 Å². The Balaban J connectivity index is 1.66. The van der Waals surface area contributed by atoms with Crippen LogP contribution in [-0.4, -0.2) is 33.7 Å². The molecule has 96 valence electrons. The van der Waals surface area contributed by atoms with E-state index in [1.165, 1.54) is 19.3 Å². The molecule has 0 atom stereocenters. The Hall–Kier alpha value is -0.940. The van der Waals surface area contributed by atoms with Crippen LogP contribution >= 0.6 is 0 Å². The highest BCUT2D eigenvalue weighted by Gasteiger charge is 2.17. The van der Waals surface area contributed by atoms with E-state index in [9.17, 15) is 0 Å². The second kappa shape index (κ2) is 6.12. The van der Waals surface area contributed by atoms with Crippen molar-refractivity contribution in [3.63, 3.8) is 0 Å². The molecule has 0 spiro atoms. The van der Waals surface area contributed by atoms with Crippen LogP contribution in [0, 0.1) is 0 Å². The molecule has 5 heteroatoms. The lowest BCUT2D eigenvalue weighted by Gasteiger charge is -2.25. The third kappa shape index (κ3) is 4.09. The number of nitrogens with one attached hydrogen (secondary N) is 1. The summed E-state index contributed by atoms with van der Waals surface area (Å²) in [5.74, 6) is 0. The number of hydrogen-bond acceptors (Lipinski definition) is 4. The number of ether oxygens (including phenoxy) is 1. The highest BCUT2D eigenvalue weighted by Crippen LogP contribution is 2.21. The first-order valence-corrected chi connectivity index (χ1v) is 6.48. The Kier molecular flexibility index (Phi) is 4.50. The fourth-order valence-electron chi connectivity index (χ4n) is 1.69. The second-order valence-corrected chi connectivity index (χ2v) is 4.93. The zero-order valence-electron chi connectivity index (χ0n) is 10.7. The van der Waals surface area contributed by atoms with Gasteiger partial charge in [0.05, 0.1) is 24.9 Å². The van der Waals surface area contributed by atoms with Gasteiger partial charge in [-0.1, -0.05) is 19.1 Å². The Morgan fingerprint density at radius 2 is 2.35 bits per heavy atom. The summed E-state index contributed by atoms with van der Waals surface area (Å²) in [5, 5.41) is 11.5. The molecule has 2 rings (SSSR count). The molecule has 0 radical (unpaired) electrons. The Morgan fingerprint density at radius 1 is 1.53 bits per heavy atom. The van der Waals surface area contributed by atoms with Crippen LogP contribution in [0.2, 0.25) is 0 Å². The smallest absolute Gasteiger partial charge is 0.0964 e. The van der Waals surface area contributed by atoms with Gasteiger partial charge in [-0.3, -0.25) is 0 Å². The first-order chi connectivity index (χ1) is 8.24. The van der Waals surface area contributed by atoms with Crippen molar-refractivity contribution in [2.24, 2.45) is 0 Å². The topological polar surface area (TPSA) is 52.0 Å². The summed E-state index contributed by atoms with van der Waals surface area (Å²) >= 11 is 0. The lowest BCUT2D eigenvalue weighted by atomic mass is 9.96. The zero-order chi connectivity index (χ0) is 12.1. The number of aromatic nitrogens is 3. The van der Waals surface area contributed by atoms with E-state index in [1.54, 1.807) is 0 Å². The molecule has 0 amide bonds. The molecule has 1 N–H and O–H groups in total. The van der Waals surface area contributed by atoms with E-state index in [-0.39, 0.29) is 0 Å². The predicted octanol–water partition coefficient (Wildman–Crippen LogP) is 1.35. The van der Waals surface area contributed by atoms with Crippen LogP contribution < -0.4 is 5.32 Å². The Labute approximate surface area is 103 Å². The lowest BCUT2D eigenvalue weighted by Crippen LogP contribution is -2.23. The molecule has 1 heterocycles. The van der Waals surface area contributed by atoms with E-state index in [1.807, 2.05) is 10.9 Å². The third-order valence-electron chi connectivity index (χ3n) is 3.00. The van der Waals surface area contributed by atoms with Crippen molar-refractivity contribution in [2.75, 3.05) is 6.61 Å². The molecule has 0 aliphatic heterocycles. The van der Waals surface area contributed by atoms with Crippen LogP contribution in [0.3, 0.4) is 0 Å². The van der Waals surface area contributed by atoms with Gasteiger partial charge in [0.1, 0.15) is 0 Å². The van der Waals surface area contributed by atoms with E-state index in [0.29, 0.717) is 12.1 Å². The fraction of sp³-hybridized carbons (Fsp3) is 0.833. The van der Waals surface area contributed by atoms with Gasteiger partial charge in [0.2, 0.25) is 0 Å². The molecular weight excluding hydrogens is 216 g/mol. The maximum Gasteiger partial charge on any atom is 0.0964 e. The van der Waals surface area contributed by atoms with Crippen LogP contribution in [0.1, 0.15) is 38.8 Å². The van der Waals surface area contributed by atoms with Gasteiger partial charge < -0.3 is 10.1 Å². The lowest BCUT2D eigenvalue weighted by molar-refractivity contribution is -0.00249. The van der Waals surface area contributed by atoms with E-state index in [4.69, 9.17) is 4.74 Å². The summed E-state index contributed by atoms with van der Waals surface area (Å²) in [6.45, 7) is 6.56. The van der Waals surface area contributed by atoms with E-state index in [0.717, 1.165) is 25.4 Å². The summed E-state index contributed by atoms with van der Waals surface area (Å²) in [6, 6.07) is 0.474. The molecular formula is C12H22N4O. The summed E-state index contributed by atoms with van der Waals surface area (Å²) in [4.78, 5) is 0. The standard InChI is InChI=1S/C12H22N4O/c1-10(2)13-8-11-9-16(15-14-11)6-7-17-12-4-3-5-12/h9-10,12-13H,3-8H2,1-2H3. The van der Waals surface area contributed by atoms with Gasteiger partial charge in [-0.2, -0.15) is 0 Å². The monoisotopic (exact) mass is 238 g/mol. The van der Waals surface area contributed by atoms with E-state index < -0.39 is 0 Å². The van der Waals surface area contributed by atoms with Crippen molar-refractivity contribution in [1.82, 2.24) is 20.3 Å². The minimum absolute atomic E-state index is 0.474. The third-order valence-corrected chi connectivity index (χ3v) is 3.00. The maximum atomic E-state index is 5.69. The molecule has 0 aromatic carbocycles. The minimum Gasteiger partial charge on any atom is -0.376 e. The molecule has 0 saturated heterocycles. The Bertz CT molecular complexity index is 333. The average Bonchev–Trinajstić information content (AvgIpc) is 2.67. The van der Waals surface area contributed by atoms with Gasteiger partial charge in [0, 0.05) is 18.8 Å². The molecule has 1 saturated carbocycles. The largest absolute Gasteiger partial charge is 0.376 e. The molecule has 5 nitrogen and oxygen atoms in total. The number of rotatable bonds is 7. The zero-order valence-corrected chi connectivity index (χ0v) is 10.7. The van der Waals surface area contributed by atoms with E-state index >= 15 is 0 Å². The highest BCUT2D eigenvalue weighted by molar-refractivity contribution is 4.91. The molecule has 1 aliphatic rings. The first kappa shape index (κ1) is 12.5. The minimum atomic E-state index is 0.474. The van der Waals surface area contributed by atoms with Crippen LogP contribution in [-0.2, 0) is 17.8 Å². The van der Waals surface area contributed by atoms with Crippen molar-refractivity contribution < 1.29 is 4.74 Å². The van der Waals surface area contributed by atoms with Crippen molar-refractivity contribution in [1.29, 1.82) is 0 Å². The molecule has 17 heavy (non-hydrogen) atoms. The van der Waals surface area contributed by atoms with Gasteiger partial charge in [-0.05, 0) is 19.3 Å². The Morgan fingerprint density at radius 3 is 3.00 bits per heavy atom. The van der Waals surface area contributed by atoms with Crippen molar-refractivity contribution in [3.05, 3.63) is 11.9 Å². The quantitative estimate of drug-likeness (QED) is 0.779. The summed E-state index contributed by atoms with van der Waals surface area (Å²) < 4.78 is 7.54. The van der Waals surface area contributed by atoms with Crippen molar-refractivity contribution in [2.45, 2.75) is 58.3 Å².